The number of aromatic nitrogens is 2. The Labute approximate surface area is 143 Å². The van der Waals surface area contributed by atoms with Gasteiger partial charge in [-0.1, -0.05) is 31.7 Å². The molecule has 4 nitrogen and oxygen atoms in total. The fourth-order valence-corrected chi connectivity index (χ4v) is 4.74. The van der Waals surface area contributed by atoms with Crippen LogP contribution in [0.3, 0.4) is 0 Å². The fraction of sp³-hybridized carbons (Fsp3) is 0.600. The van der Waals surface area contributed by atoms with Crippen LogP contribution in [0.1, 0.15) is 57.1 Å². The SMILES string of the molecule is O=c1cc(CN2CCCC3(CCCCCC3)C2)nc2ccccn12. The lowest BCUT2D eigenvalue weighted by atomic mass is 9.74. The van der Waals surface area contributed by atoms with Gasteiger partial charge in [-0.25, -0.2) is 4.98 Å². The molecule has 2 aromatic heterocycles. The second kappa shape index (κ2) is 6.67. The smallest absolute Gasteiger partial charge is 0.258 e. The van der Waals surface area contributed by atoms with Crippen molar-refractivity contribution in [1.29, 1.82) is 0 Å². The minimum Gasteiger partial charge on any atom is -0.297 e. The number of rotatable bonds is 2. The Morgan fingerprint density at radius 3 is 2.67 bits per heavy atom. The Morgan fingerprint density at radius 1 is 1.04 bits per heavy atom. The van der Waals surface area contributed by atoms with E-state index in [0.29, 0.717) is 5.41 Å². The third-order valence-corrected chi connectivity index (χ3v) is 5.91. The maximum atomic E-state index is 12.3. The molecule has 0 bridgehead atoms. The summed E-state index contributed by atoms with van der Waals surface area (Å²) in [5.41, 5.74) is 2.22. The van der Waals surface area contributed by atoms with Gasteiger partial charge < -0.3 is 0 Å². The Balaban J connectivity index is 1.53. The van der Waals surface area contributed by atoms with E-state index in [2.05, 4.69) is 4.90 Å². The van der Waals surface area contributed by atoms with Crippen molar-refractivity contribution in [3.05, 3.63) is 46.5 Å². The predicted octanol–water partition coefficient (Wildman–Crippen LogP) is 3.63. The molecule has 1 aliphatic carbocycles. The highest BCUT2D eigenvalue weighted by atomic mass is 16.1. The van der Waals surface area contributed by atoms with E-state index in [0.717, 1.165) is 24.4 Å². The molecule has 1 saturated heterocycles. The molecule has 2 aliphatic rings. The van der Waals surface area contributed by atoms with Crippen molar-refractivity contribution >= 4 is 5.65 Å². The molecule has 3 heterocycles. The van der Waals surface area contributed by atoms with E-state index in [4.69, 9.17) is 4.98 Å². The highest BCUT2D eigenvalue weighted by Crippen LogP contribution is 2.42. The van der Waals surface area contributed by atoms with Crippen LogP contribution >= 0.6 is 0 Å². The lowest BCUT2D eigenvalue weighted by molar-refractivity contribution is 0.0678. The summed E-state index contributed by atoms with van der Waals surface area (Å²) in [6.45, 7) is 3.13. The lowest BCUT2D eigenvalue weighted by Crippen LogP contribution is -2.42. The molecule has 2 aromatic rings. The van der Waals surface area contributed by atoms with Gasteiger partial charge in [0.15, 0.2) is 0 Å². The van der Waals surface area contributed by atoms with Gasteiger partial charge in [0.2, 0.25) is 0 Å². The van der Waals surface area contributed by atoms with Crippen LogP contribution < -0.4 is 5.56 Å². The van der Waals surface area contributed by atoms with Crippen molar-refractivity contribution in [3.8, 4) is 0 Å². The molecule has 4 rings (SSSR count). The van der Waals surface area contributed by atoms with E-state index in [1.165, 1.54) is 57.9 Å². The van der Waals surface area contributed by atoms with Crippen LogP contribution in [0.5, 0.6) is 0 Å². The van der Waals surface area contributed by atoms with Crippen molar-refractivity contribution in [2.45, 2.75) is 57.9 Å². The molecular weight excluding hydrogens is 298 g/mol. The summed E-state index contributed by atoms with van der Waals surface area (Å²) in [7, 11) is 0. The van der Waals surface area contributed by atoms with Gasteiger partial charge in [-0.15, -0.1) is 0 Å². The zero-order chi connectivity index (χ0) is 16.4. The highest BCUT2D eigenvalue weighted by molar-refractivity contribution is 5.37. The Hall–Kier alpha value is -1.68. The average molecular weight is 325 g/mol. The second-order valence-electron chi connectivity index (χ2n) is 7.74. The first-order valence-electron chi connectivity index (χ1n) is 9.44. The number of hydrogen-bond acceptors (Lipinski definition) is 3. The fourth-order valence-electron chi connectivity index (χ4n) is 4.74. The molecule has 0 amide bonds. The molecular formula is C20H27N3O. The normalized spacial score (nSPS) is 21.8. The first-order valence-corrected chi connectivity index (χ1v) is 9.44. The summed E-state index contributed by atoms with van der Waals surface area (Å²) >= 11 is 0. The minimum absolute atomic E-state index is 0.0248. The van der Waals surface area contributed by atoms with Crippen LogP contribution in [-0.4, -0.2) is 27.4 Å². The summed E-state index contributed by atoms with van der Waals surface area (Å²) in [6, 6.07) is 7.43. The molecule has 2 fully saturated rings. The van der Waals surface area contributed by atoms with Crippen molar-refractivity contribution in [3.63, 3.8) is 0 Å². The molecule has 0 N–H and O–H groups in total. The molecule has 0 unspecified atom stereocenters. The van der Waals surface area contributed by atoms with Gasteiger partial charge in [0.05, 0.1) is 5.69 Å². The number of piperidine rings is 1. The molecule has 4 heteroatoms. The second-order valence-corrected chi connectivity index (χ2v) is 7.74. The monoisotopic (exact) mass is 325 g/mol. The maximum absolute atomic E-state index is 12.3. The standard InChI is InChI=1S/C20H27N3O/c24-19-14-17(21-18-8-3-6-13-23(18)19)15-22-12-7-11-20(16-22)9-4-1-2-5-10-20/h3,6,8,13-14H,1-2,4-5,7,9-12,15-16H2. The molecule has 0 radical (unpaired) electrons. The predicted molar refractivity (Wildman–Crippen MR) is 96.1 cm³/mol. The summed E-state index contributed by atoms with van der Waals surface area (Å²) in [5, 5.41) is 0. The first kappa shape index (κ1) is 15.8. The third kappa shape index (κ3) is 3.25. The number of hydrogen-bond donors (Lipinski definition) is 0. The zero-order valence-electron chi connectivity index (χ0n) is 14.4. The largest absolute Gasteiger partial charge is 0.297 e. The van der Waals surface area contributed by atoms with Crippen LogP contribution in [0.4, 0.5) is 0 Å². The first-order chi connectivity index (χ1) is 11.7. The van der Waals surface area contributed by atoms with E-state index in [1.807, 2.05) is 18.2 Å². The summed E-state index contributed by atoms with van der Waals surface area (Å²) in [6.07, 6.45) is 12.8. The van der Waals surface area contributed by atoms with Crippen molar-refractivity contribution < 1.29 is 0 Å². The zero-order valence-corrected chi connectivity index (χ0v) is 14.4. The summed E-state index contributed by atoms with van der Waals surface area (Å²) in [5.74, 6) is 0. The maximum Gasteiger partial charge on any atom is 0.258 e. The van der Waals surface area contributed by atoms with E-state index >= 15 is 0 Å². The van der Waals surface area contributed by atoms with Gasteiger partial charge in [-0.05, 0) is 49.8 Å². The Bertz CT molecular complexity index is 759. The van der Waals surface area contributed by atoms with E-state index < -0.39 is 0 Å². The van der Waals surface area contributed by atoms with Crippen molar-refractivity contribution in [2.24, 2.45) is 5.41 Å². The van der Waals surface area contributed by atoms with Crippen LogP contribution in [0.15, 0.2) is 35.3 Å². The average Bonchev–Trinajstić information content (AvgIpc) is 2.80. The van der Waals surface area contributed by atoms with Gasteiger partial charge in [0, 0.05) is 25.4 Å². The molecule has 0 atom stereocenters. The highest BCUT2D eigenvalue weighted by Gasteiger charge is 2.35. The molecule has 1 saturated carbocycles. The van der Waals surface area contributed by atoms with Gasteiger partial charge in [0.25, 0.3) is 5.56 Å². The molecule has 128 valence electrons. The molecule has 0 aromatic carbocycles. The summed E-state index contributed by atoms with van der Waals surface area (Å²) in [4.78, 5) is 19.5. The number of likely N-dealkylation sites (tertiary alicyclic amines) is 1. The third-order valence-electron chi connectivity index (χ3n) is 5.91. The summed E-state index contributed by atoms with van der Waals surface area (Å²) < 4.78 is 1.62. The van der Waals surface area contributed by atoms with Gasteiger partial charge >= 0.3 is 0 Å². The van der Waals surface area contributed by atoms with Crippen LogP contribution in [-0.2, 0) is 6.54 Å². The van der Waals surface area contributed by atoms with Gasteiger partial charge in [0.1, 0.15) is 5.65 Å². The molecule has 1 aliphatic heterocycles. The molecule has 1 spiro atoms. The van der Waals surface area contributed by atoms with Crippen molar-refractivity contribution in [2.75, 3.05) is 13.1 Å². The van der Waals surface area contributed by atoms with Gasteiger partial charge in [-0.2, -0.15) is 0 Å². The van der Waals surface area contributed by atoms with E-state index in [9.17, 15) is 4.79 Å². The number of nitrogens with zero attached hydrogens (tertiary/aromatic N) is 3. The Morgan fingerprint density at radius 2 is 1.83 bits per heavy atom. The van der Waals surface area contributed by atoms with E-state index in [1.54, 1.807) is 16.7 Å². The number of pyridine rings is 1. The van der Waals surface area contributed by atoms with Gasteiger partial charge in [-0.3, -0.25) is 14.1 Å². The quantitative estimate of drug-likeness (QED) is 0.846. The molecule has 24 heavy (non-hydrogen) atoms. The Kier molecular flexibility index (Phi) is 4.40. The minimum atomic E-state index is 0.0248. The van der Waals surface area contributed by atoms with Crippen molar-refractivity contribution in [1.82, 2.24) is 14.3 Å². The van der Waals surface area contributed by atoms with E-state index in [-0.39, 0.29) is 5.56 Å². The topological polar surface area (TPSA) is 37.6 Å². The van der Waals surface area contributed by atoms with Crippen LogP contribution in [0.25, 0.3) is 5.65 Å². The van der Waals surface area contributed by atoms with Crippen LogP contribution in [0, 0.1) is 5.41 Å². The lowest BCUT2D eigenvalue weighted by Gasteiger charge is -2.42. The number of fused-ring (bicyclic) bond motifs is 1. The van der Waals surface area contributed by atoms with Crippen LogP contribution in [0.2, 0.25) is 0 Å².